The van der Waals surface area contributed by atoms with Gasteiger partial charge in [-0.05, 0) is 152 Å². The van der Waals surface area contributed by atoms with E-state index in [0.717, 1.165) is 117 Å². The van der Waals surface area contributed by atoms with Gasteiger partial charge in [0.1, 0.15) is 0 Å². The van der Waals surface area contributed by atoms with Crippen LogP contribution in [0.3, 0.4) is 0 Å². The van der Waals surface area contributed by atoms with Crippen LogP contribution >= 0.6 is 23.5 Å². The first kappa shape index (κ1) is 58.6. The van der Waals surface area contributed by atoms with Crippen LogP contribution in [-0.2, 0) is 51.8 Å². The van der Waals surface area contributed by atoms with E-state index in [1.165, 1.54) is 86.4 Å². The smallest absolute Gasteiger partial charge is 0.661 e. The molecule has 4 aromatic heterocycles. The van der Waals surface area contributed by atoms with Gasteiger partial charge in [0, 0.05) is 21.2 Å². The molecule has 8 rings (SSSR count). The zero-order valence-electron chi connectivity index (χ0n) is 46.9. The summed E-state index contributed by atoms with van der Waals surface area (Å²) in [5.41, 5.74) is 32.2. The van der Waals surface area contributed by atoms with Gasteiger partial charge in [-0.15, -0.1) is 34.2 Å². The number of hydrogen-bond acceptors (Lipinski definition) is 6. The molecule has 0 saturated heterocycles. The molecule has 12 heteroatoms. The Balaban J connectivity index is 0.000000260. The molecular formula is C60H72N8S2Zn2. The van der Waals surface area contributed by atoms with E-state index in [1.807, 2.05) is 0 Å². The molecule has 368 valence electrons. The minimum atomic E-state index is 0. The minimum Gasteiger partial charge on any atom is -0.661 e. The number of aromatic nitrogens is 4. The van der Waals surface area contributed by atoms with E-state index in [-0.39, 0.29) is 39.0 Å². The third-order valence-electron chi connectivity index (χ3n) is 14.5. The summed E-state index contributed by atoms with van der Waals surface area (Å²) < 4.78 is 0. The molecule has 0 unspecified atom stereocenters. The van der Waals surface area contributed by atoms with Crippen molar-refractivity contribution < 1.29 is 39.0 Å². The fraction of sp³-hybridized carbons (Fsp3) is 0.400. The van der Waals surface area contributed by atoms with E-state index >= 15 is 0 Å². The van der Waals surface area contributed by atoms with E-state index in [1.54, 1.807) is 23.5 Å². The maximum atomic E-state index is 4.92. The molecule has 4 aliphatic heterocycles. The van der Waals surface area contributed by atoms with Crippen LogP contribution in [0.15, 0.2) is 95.8 Å². The number of aliphatic imine (C=N–C) groups is 4. The molecule has 8 nitrogen and oxygen atoms in total. The first-order valence-electron chi connectivity index (χ1n) is 24.9. The average Bonchev–Trinajstić information content (AvgIpc) is 4.15. The van der Waals surface area contributed by atoms with Gasteiger partial charge in [0.2, 0.25) is 0 Å². The predicted molar refractivity (Wildman–Crippen MR) is 303 cm³/mol. The van der Waals surface area contributed by atoms with Crippen molar-refractivity contribution in [3.63, 3.8) is 0 Å². The maximum absolute atomic E-state index is 4.92. The Kier molecular flexibility index (Phi) is 19.4. The zero-order chi connectivity index (χ0) is 51.2. The van der Waals surface area contributed by atoms with E-state index < -0.39 is 0 Å². The zero-order valence-corrected chi connectivity index (χ0v) is 54.5. The molecule has 4 aliphatic rings. The van der Waals surface area contributed by atoms with Crippen LogP contribution in [0.25, 0.3) is 24.3 Å². The van der Waals surface area contributed by atoms with Crippen molar-refractivity contribution >= 4 is 70.7 Å². The Morgan fingerprint density at radius 2 is 0.625 bits per heavy atom. The maximum Gasteiger partial charge on any atom is 2.00 e. The van der Waals surface area contributed by atoms with Gasteiger partial charge in [-0.25, -0.2) is 0 Å². The van der Waals surface area contributed by atoms with Crippen LogP contribution in [0.2, 0.25) is 0 Å². The Hall–Kier alpha value is -4.33. The molecule has 0 spiro atoms. The molecule has 0 radical (unpaired) electrons. The Morgan fingerprint density at radius 1 is 0.347 bits per heavy atom. The van der Waals surface area contributed by atoms with E-state index in [9.17, 15) is 0 Å². The Morgan fingerprint density at radius 3 is 0.903 bits per heavy atom. The fourth-order valence-electron chi connectivity index (χ4n) is 10.4. The van der Waals surface area contributed by atoms with Crippen molar-refractivity contribution in [2.24, 2.45) is 20.0 Å². The van der Waals surface area contributed by atoms with Gasteiger partial charge in [-0.3, -0.25) is 20.0 Å². The molecular weight excluding hydrogens is 1030 g/mol. The molecule has 8 heterocycles. The van der Waals surface area contributed by atoms with E-state index in [2.05, 4.69) is 163 Å². The molecule has 0 amide bonds. The van der Waals surface area contributed by atoms with E-state index in [4.69, 9.17) is 39.9 Å². The third kappa shape index (κ3) is 11.3. The molecule has 0 saturated carbocycles. The molecule has 0 fully saturated rings. The second-order valence-corrected chi connectivity index (χ2v) is 21.1. The van der Waals surface area contributed by atoms with Crippen LogP contribution in [0.1, 0.15) is 175 Å². The number of allylic oxidation sites excluding steroid dienone is 8. The quantitative estimate of drug-likeness (QED) is 0.131. The number of aryl methyl sites for hydroxylation is 4. The summed E-state index contributed by atoms with van der Waals surface area (Å²) in [5, 5.41) is 0. The Bertz CT molecular complexity index is 3020. The number of thioether (sulfide) groups is 2. The largest absolute Gasteiger partial charge is 2.00 e. The molecule has 0 aliphatic carbocycles. The van der Waals surface area contributed by atoms with Gasteiger partial charge in [0.05, 0.1) is 34.2 Å². The van der Waals surface area contributed by atoms with E-state index in [0.29, 0.717) is 0 Å². The van der Waals surface area contributed by atoms with Crippen LogP contribution < -0.4 is 19.9 Å². The molecule has 0 atom stereocenters. The van der Waals surface area contributed by atoms with Gasteiger partial charge < -0.3 is 19.9 Å². The topological polar surface area (TPSA) is 106 Å². The fourth-order valence-corrected chi connectivity index (χ4v) is 12.6. The first-order valence-corrected chi connectivity index (χ1v) is 26.6. The molecule has 72 heavy (non-hydrogen) atoms. The van der Waals surface area contributed by atoms with Gasteiger partial charge in [-0.1, -0.05) is 137 Å². The van der Waals surface area contributed by atoms with Crippen LogP contribution in [0, 0.1) is 55.4 Å². The van der Waals surface area contributed by atoms with Gasteiger partial charge in [0.15, 0.2) is 0 Å². The summed E-state index contributed by atoms with van der Waals surface area (Å²) in [4.78, 5) is 43.8. The van der Waals surface area contributed by atoms with Gasteiger partial charge >= 0.3 is 39.0 Å². The van der Waals surface area contributed by atoms with Crippen molar-refractivity contribution in [3.8, 4) is 0 Å². The summed E-state index contributed by atoms with van der Waals surface area (Å²) in [7, 11) is 0. The molecule has 0 aromatic carbocycles. The SMILES string of the molecule is CCC1=C(C)C(=Cc2[n-]c(C)c(SC3=C(C)C(=Cc4[n-]c(C)c(CC)c4C)N=C3C)c2C)N=C1C.CCC1=C(C)C(=Cc2[n-]c(C)c(SC3=C(C)C(=Cc4[n-]c(C)c(CC)c4C)N=C3C)c2C)N=C1C.[Zn+2].[Zn+2]. The summed E-state index contributed by atoms with van der Waals surface area (Å²) in [6.45, 7) is 42.9. The average molecular weight is 1100 g/mol. The predicted octanol–water partition coefficient (Wildman–Crippen LogP) is 15.6. The van der Waals surface area contributed by atoms with Crippen LogP contribution in [0.4, 0.5) is 0 Å². The molecule has 4 aromatic rings. The van der Waals surface area contributed by atoms with Crippen molar-refractivity contribution in [2.75, 3.05) is 0 Å². The minimum absolute atomic E-state index is 0. The monoisotopic (exact) mass is 1100 g/mol. The molecule has 0 bridgehead atoms. The number of nitrogens with zero attached hydrogens (tertiary/aromatic N) is 8. The van der Waals surface area contributed by atoms with Gasteiger partial charge in [0.25, 0.3) is 0 Å². The number of hydrogen-bond donors (Lipinski definition) is 0. The van der Waals surface area contributed by atoms with Crippen LogP contribution in [0.5, 0.6) is 0 Å². The normalized spacial score (nSPS) is 18.1. The second-order valence-electron chi connectivity index (χ2n) is 19.1. The van der Waals surface area contributed by atoms with Crippen molar-refractivity contribution in [1.82, 2.24) is 19.9 Å². The van der Waals surface area contributed by atoms with Crippen molar-refractivity contribution in [2.45, 2.75) is 174 Å². The van der Waals surface area contributed by atoms with Crippen molar-refractivity contribution in [1.29, 1.82) is 0 Å². The van der Waals surface area contributed by atoms with Crippen LogP contribution in [-0.4, -0.2) is 22.8 Å². The summed E-state index contributed by atoms with van der Waals surface area (Å²) in [6, 6.07) is 0. The van der Waals surface area contributed by atoms with Crippen molar-refractivity contribution in [3.05, 3.63) is 145 Å². The third-order valence-corrected chi connectivity index (χ3v) is 17.8. The standard InChI is InChI=1S/2C30H36N4S.2Zn/c2*1-11-23-15(3)25(31-19(23)7)13-27-17(5)29(21(9)33-27)35-30-18(6)28(34-22(30)10)14-26-16(4)24(12-2)20(8)32-26;;/h2*13-14H,11-12H2,1-10H3;;/q2*-2;2*+2. The Labute approximate surface area is 465 Å². The summed E-state index contributed by atoms with van der Waals surface area (Å²) in [5.74, 6) is 0. The second kappa shape index (κ2) is 23.9. The summed E-state index contributed by atoms with van der Waals surface area (Å²) >= 11 is 3.57. The first-order chi connectivity index (χ1) is 33.1. The summed E-state index contributed by atoms with van der Waals surface area (Å²) in [6.07, 6.45) is 12.6. The number of rotatable bonds is 12. The molecule has 0 N–H and O–H groups in total. The van der Waals surface area contributed by atoms with Gasteiger partial charge in [-0.2, -0.15) is 11.4 Å².